The molecule has 3 heteroatoms. The number of aromatic nitrogens is 1. The molecule has 0 aromatic carbocycles. The minimum Gasteiger partial charge on any atom is -0.371 e. The second-order valence-electron chi connectivity index (χ2n) is 7.90. The molecule has 1 N–H and O–H groups in total. The molecule has 3 rings (SSSR count). The Labute approximate surface area is 129 Å². The number of hydrogen-bond acceptors (Lipinski definition) is 3. The fourth-order valence-electron chi connectivity index (χ4n) is 2.72. The van der Waals surface area contributed by atoms with Crippen LogP contribution in [0.4, 0.5) is 5.69 Å². The van der Waals surface area contributed by atoms with Crippen LogP contribution in [0, 0.1) is 11.8 Å². The van der Waals surface area contributed by atoms with E-state index in [2.05, 4.69) is 42.0 Å². The summed E-state index contributed by atoms with van der Waals surface area (Å²) in [5.74, 6) is 1.86. The lowest BCUT2D eigenvalue weighted by Gasteiger charge is -2.28. The maximum atomic E-state index is 4.35. The first kappa shape index (κ1) is 14.8. The second kappa shape index (κ2) is 5.96. The van der Waals surface area contributed by atoms with Crippen LogP contribution in [0.15, 0.2) is 18.5 Å². The van der Waals surface area contributed by atoms with Gasteiger partial charge in [-0.1, -0.05) is 0 Å². The summed E-state index contributed by atoms with van der Waals surface area (Å²) in [6, 6.07) is 2.21. The molecule has 0 bridgehead atoms. The summed E-state index contributed by atoms with van der Waals surface area (Å²) >= 11 is 0. The van der Waals surface area contributed by atoms with Gasteiger partial charge in [-0.2, -0.15) is 0 Å². The van der Waals surface area contributed by atoms with E-state index in [9.17, 15) is 0 Å². The normalized spacial score (nSPS) is 18.8. The molecule has 1 aromatic heterocycles. The third kappa shape index (κ3) is 4.70. The quantitative estimate of drug-likeness (QED) is 0.830. The van der Waals surface area contributed by atoms with Crippen LogP contribution in [-0.4, -0.2) is 23.6 Å². The minimum absolute atomic E-state index is 0.144. The lowest BCUT2D eigenvalue weighted by Crippen LogP contribution is -2.36. The predicted octanol–water partition coefficient (Wildman–Crippen LogP) is 3.60. The molecule has 2 aliphatic rings. The van der Waals surface area contributed by atoms with Crippen LogP contribution < -0.4 is 10.2 Å². The number of rotatable bonds is 7. The molecule has 2 fully saturated rings. The SMILES string of the molecule is CC(C)(C)NCc1cnccc1N(CC1CC1)CC1CC1. The van der Waals surface area contributed by atoms with Gasteiger partial charge in [-0.05, 0) is 64.4 Å². The molecule has 2 aliphatic carbocycles. The van der Waals surface area contributed by atoms with Gasteiger partial charge in [-0.25, -0.2) is 0 Å². The smallest absolute Gasteiger partial charge is 0.0443 e. The van der Waals surface area contributed by atoms with Gasteiger partial charge in [0.15, 0.2) is 0 Å². The van der Waals surface area contributed by atoms with Crippen LogP contribution >= 0.6 is 0 Å². The molecule has 21 heavy (non-hydrogen) atoms. The summed E-state index contributed by atoms with van der Waals surface area (Å²) in [4.78, 5) is 6.99. The fourth-order valence-corrected chi connectivity index (χ4v) is 2.72. The fraction of sp³-hybridized carbons (Fsp3) is 0.722. The molecule has 0 atom stereocenters. The molecule has 2 saturated carbocycles. The van der Waals surface area contributed by atoms with E-state index >= 15 is 0 Å². The lowest BCUT2D eigenvalue weighted by atomic mass is 10.1. The first-order valence-electron chi connectivity index (χ1n) is 8.44. The van der Waals surface area contributed by atoms with E-state index in [-0.39, 0.29) is 5.54 Å². The van der Waals surface area contributed by atoms with Gasteiger partial charge < -0.3 is 10.2 Å². The van der Waals surface area contributed by atoms with E-state index in [0.29, 0.717) is 0 Å². The monoisotopic (exact) mass is 287 g/mol. The summed E-state index contributed by atoms with van der Waals surface area (Å²) in [6.45, 7) is 10.0. The Hall–Kier alpha value is -1.09. The molecule has 116 valence electrons. The number of anilines is 1. The topological polar surface area (TPSA) is 28.2 Å². The molecule has 0 aliphatic heterocycles. The van der Waals surface area contributed by atoms with Crippen molar-refractivity contribution in [2.75, 3.05) is 18.0 Å². The number of hydrogen-bond donors (Lipinski definition) is 1. The van der Waals surface area contributed by atoms with Gasteiger partial charge in [-0.15, -0.1) is 0 Å². The highest BCUT2D eigenvalue weighted by Gasteiger charge is 2.30. The standard InChI is InChI=1S/C18H29N3/c1-18(2,3)20-11-16-10-19-9-8-17(16)21(12-14-4-5-14)13-15-6-7-15/h8-10,14-15,20H,4-7,11-13H2,1-3H3. The summed E-state index contributed by atoms with van der Waals surface area (Å²) < 4.78 is 0. The van der Waals surface area contributed by atoms with Crippen molar-refractivity contribution >= 4 is 5.69 Å². The second-order valence-corrected chi connectivity index (χ2v) is 7.90. The van der Waals surface area contributed by atoms with Gasteiger partial charge in [0, 0.05) is 48.8 Å². The number of nitrogens with one attached hydrogen (secondary N) is 1. The Bertz CT molecular complexity index is 456. The summed E-state index contributed by atoms with van der Waals surface area (Å²) in [5, 5.41) is 3.60. The molecule has 0 spiro atoms. The molecule has 0 saturated heterocycles. The number of nitrogens with zero attached hydrogens (tertiary/aromatic N) is 2. The summed E-state index contributed by atoms with van der Waals surface area (Å²) in [5.41, 5.74) is 2.89. The average Bonchev–Trinajstić information content (AvgIpc) is 3.30. The van der Waals surface area contributed by atoms with Crippen molar-refractivity contribution in [2.45, 2.75) is 58.5 Å². The van der Waals surface area contributed by atoms with Crippen LogP contribution in [0.3, 0.4) is 0 Å². The Kier molecular flexibility index (Phi) is 4.21. The molecule has 3 nitrogen and oxygen atoms in total. The van der Waals surface area contributed by atoms with Gasteiger partial charge in [-0.3, -0.25) is 4.98 Å². The van der Waals surface area contributed by atoms with Crippen molar-refractivity contribution in [1.29, 1.82) is 0 Å². The van der Waals surface area contributed by atoms with Gasteiger partial charge >= 0.3 is 0 Å². The average molecular weight is 287 g/mol. The van der Waals surface area contributed by atoms with E-state index < -0.39 is 0 Å². The lowest BCUT2D eigenvalue weighted by molar-refractivity contribution is 0.424. The largest absolute Gasteiger partial charge is 0.371 e. The Morgan fingerprint density at radius 2 is 1.76 bits per heavy atom. The highest BCUT2D eigenvalue weighted by atomic mass is 15.1. The highest BCUT2D eigenvalue weighted by Crippen LogP contribution is 2.36. The van der Waals surface area contributed by atoms with E-state index in [1.54, 1.807) is 0 Å². The molecule has 0 radical (unpaired) electrons. The zero-order valence-electron chi connectivity index (χ0n) is 13.7. The van der Waals surface area contributed by atoms with Gasteiger partial charge in [0.25, 0.3) is 0 Å². The van der Waals surface area contributed by atoms with Crippen molar-refractivity contribution in [3.05, 3.63) is 24.0 Å². The minimum atomic E-state index is 0.144. The third-order valence-corrected chi connectivity index (χ3v) is 4.38. The predicted molar refractivity (Wildman–Crippen MR) is 88.5 cm³/mol. The molecule has 0 unspecified atom stereocenters. The van der Waals surface area contributed by atoms with Crippen LogP contribution in [0.25, 0.3) is 0 Å². The third-order valence-electron chi connectivity index (χ3n) is 4.38. The van der Waals surface area contributed by atoms with Crippen LogP contribution in [0.1, 0.15) is 52.0 Å². The zero-order chi connectivity index (χ0) is 14.9. The zero-order valence-corrected chi connectivity index (χ0v) is 13.7. The van der Waals surface area contributed by atoms with E-state index in [1.165, 1.54) is 50.0 Å². The molecule has 1 aromatic rings. The number of pyridine rings is 1. The highest BCUT2D eigenvalue weighted by molar-refractivity contribution is 5.52. The van der Waals surface area contributed by atoms with Crippen molar-refractivity contribution in [3.8, 4) is 0 Å². The summed E-state index contributed by atoms with van der Waals surface area (Å²) in [6.07, 6.45) is 9.66. The molecular formula is C18H29N3. The van der Waals surface area contributed by atoms with Crippen LogP contribution in [0.2, 0.25) is 0 Å². The maximum Gasteiger partial charge on any atom is 0.0443 e. The first-order chi connectivity index (χ1) is 10.0. The van der Waals surface area contributed by atoms with Crippen molar-refractivity contribution in [2.24, 2.45) is 11.8 Å². The van der Waals surface area contributed by atoms with Gasteiger partial charge in [0.2, 0.25) is 0 Å². The Morgan fingerprint density at radius 3 is 2.29 bits per heavy atom. The maximum absolute atomic E-state index is 4.35. The first-order valence-corrected chi connectivity index (χ1v) is 8.44. The molecular weight excluding hydrogens is 258 g/mol. The van der Waals surface area contributed by atoms with Crippen LogP contribution in [0.5, 0.6) is 0 Å². The van der Waals surface area contributed by atoms with E-state index in [1.807, 2.05) is 12.4 Å². The van der Waals surface area contributed by atoms with Gasteiger partial charge in [0.1, 0.15) is 0 Å². The van der Waals surface area contributed by atoms with E-state index in [4.69, 9.17) is 0 Å². The van der Waals surface area contributed by atoms with E-state index in [0.717, 1.165) is 18.4 Å². The van der Waals surface area contributed by atoms with Crippen LogP contribution in [-0.2, 0) is 6.54 Å². The van der Waals surface area contributed by atoms with Crippen molar-refractivity contribution < 1.29 is 0 Å². The van der Waals surface area contributed by atoms with Gasteiger partial charge in [0.05, 0.1) is 0 Å². The van der Waals surface area contributed by atoms with Crippen molar-refractivity contribution in [3.63, 3.8) is 0 Å². The Morgan fingerprint density at radius 1 is 1.14 bits per heavy atom. The Balaban J connectivity index is 1.73. The van der Waals surface area contributed by atoms with Crippen molar-refractivity contribution in [1.82, 2.24) is 10.3 Å². The molecule has 1 heterocycles. The molecule has 0 amide bonds. The summed E-state index contributed by atoms with van der Waals surface area (Å²) in [7, 11) is 0.